The summed E-state index contributed by atoms with van der Waals surface area (Å²) >= 11 is 0. The van der Waals surface area contributed by atoms with E-state index in [1.54, 1.807) is 117 Å². The summed E-state index contributed by atoms with van der Waals surface area (Å²) < 4.78 is 53.5. The fourth-order valence-corrected chi connectivity index (χ4v) is 9.92. The van der Waals surface area contributed by atoms with Crippen LogP contribution >= 0.6 is 0 Å². The number of hydrogen-bond acceptors (Lipinski definition) is 19. The molecule has 0 aromatic heterocycles. The predicted molar refractivity (Wildman–Crippen MR) is 285 cm³/mol. The molecule has 2 aliphatic heterocycles. The van der Waals surface area contributed by atoms with E-state index >= 15 is 0 Å². The van der Waals surface area contributed by atoms with Gasteiger partial charge in [0.25, 0.3) is 5.91 Å². The van der Waals surface area contributed by atoms with E-state index in [9.17, 15) is 44.1 Å². The average Bonchev–Trinajstić information content (AvgIpc) is 3.22. The lowest BCUT2D eigenvalue weighted by molar-refractivity contribution is -0.293. The van der Waals surface area contributed by atoms with Crippen LogP contribution in [0.3, 0.4) is 0 Å². The van der Waals surface area contributed by atoms with Crippen LogP contribution in [0.1, 0.15) is 149 Å². The minimum atomic E-state index is -2.02. The number of alkyl carbamates (subject to hydrolysis) is 4. The van der Waals surface area contributed by atoms with Crippen molar-refractivity contribution >= 4 is 36.4 Å². The maximum absolute atomic E-state index is 14.3. The lowest BCUT2D eigenvalue weighted by Crippen LogP contribution is -2.71. The molecule has 0 unspecified atom stereocenters. The first-order chi connectivity index (χ1) is 36.2. The average molecular weight is 1130 g/mol. The largest absolute Gasteiger partial charge is 0.466 e. The molecule has 11 atom stereocenters. The van der Waals surface area contributed by atoms with Gasteiger partial charge < -0.3 is 94.8 Å². The van der Waals surface area contributed by atoms with Crippen LogP contribution in [0, 0.1) is 11.8 Å². The molecule has 5 rings (SSSR count). The Kier molecular flexibility index (Phi) is 20.9. The van der Waals surface area contributed by atoms with Crippen LogP contribution in [0.25, 0.3) is 0 Å². The molecule has 79 heavy (non-hydrogen) atoms. The van der Waals surface area contributed by atoms with Gasteiger partial charge in [0.05, 0.1) is 37.3 Å². The Labute approximate surface area is 465 Å². The van der Waals surface area contributed by atoms with Gasteiger partial charge in [-0.1, -0.05) is 6.92 Å². The molecule has 0 radical (unpaired) electrons. The topological polar surface area (TPSA) is 322 Å². The molecule has 25 nitrogen and oxygen atoms in total. The molecule has 2 heterocycles. The van der Waals surface area contributed by atoms with Crippen LogP contribution < -0.4 is 31.9 Å². The molecule has 4 fully saturated rings. The maximum Gasteiger partial charge on any atom is 0.410 e. The zero-order chi connectivity index (χ0) is 59.4. The Morgan fingerprint density at radius 1 is 0.620 bits per heavy atom. The molecule has 5 aliphatic rings. The minimum Gasteiger partial charge on any atom is -0.466 e. The number of carbonyl (C=O) groups is 6. The van der Waals surface area contributed by atoms with Gasteiger partial charge in [-0.3, -0.25) is 4.79 Å². The summed E-state index contributed by atoms with van der Waals surface area (Å²) in [6.45, 7) is 28.2. The first-order valence-electron chi connectivity index (χ1n) is 27.5. The Hall–Kier alpha value is -4.92. The summed E-state index contributed by atoms with van der Waals surface area (Å²) in [7, 11) is 1.47. The van der Waals surface area contributed by atoms with Gasteiger partial charge in [-0.15, -0.1) is 0 Å². The van der Waals surface area contributed by atoms with Crippen LogP contribution in [0.15, 0.2) is 11.8 Å². The molecule has 452 valence electrons. The van der Waals surface area contributed by atoms with E-state index in [0.29, 0.717) is 12.3 Å². The van der Waals surface area contributed by atoms with Crippen molar-refractivity contribution in [3.05, 3.63) is 11.8 Å². The zero-order valence-electron chi connectivity index (χ0n) is 49.4. The zero-order valence-corrected chi connectivity index (χ0v) is 49.4. The number of rotatable bonds is 15. The van der Waals surface area contributed by atoms with Crippen LogP contribution in [-0.4, -0.2) is 190 Å². The second-order valence-corrected chi connectivity index (χ2v) is 26.8. The Balaban J connectivity index is 1.45. The molecule has 0 aromatic carbocycles. The van der Waals surface area contributed by atoms with Gasteiger partial charge in [-0.05, 0) is 148 Å². The molecular formula is C54H93N7O18. The first kappa shape index (κ1) is 64.9. The fourth-order valence-electron chi connectivity index (χ4n) is 9.92. The number of aliphatic hydroxyl groups is 3. The third-order valence-corrected chi connectivity index (χ3v) is 13.3. The standard InChI is InChI=1S/C54H93N7O18/c1-28-27-71-42(37(62)36(28)61(17)48(69)79-53(14,15)16)74-39-34(58-43(64)54(70)23-31(24-54)57-45(66)76-50(5,6)7)22-35(60-47(68)78-52(11,12)13)40(38(39)63)73-41-33(59-46(67)77-51(8,9)10)19-18-32(72-41)26-55-25-29-20-30(21-29)56-44(65)75-49(2,3)4/h18,28-31,33-42,55,62-63,70H,19-27H2,1-17H3,(H,56,65)(H,57,66)(H,58,64)(H,59,67)(H,60,68)/t28-,29?,30?,31?,33-,34-,35+,36+,37-,38-,39+,40-,41-,42-,54?/m1/s1. The van der Waals surface area contributed by atoms with Crippen LogP contribution in [0.5, 0.6) is 0 Å². The Morgan fingerprint density at radius 3 is 1.58 bits per heavy atom. The quantitative estimate of drug-likeness (QED) is 0.103. The number of nitrogens with zero attached hydrogens (tertiary/aromatic N) is 1. The van der Waals surface area contributed by atoms with Gasteiger partial charge in [0.15, 0.2) is 6.29 Å². The summed E-state index contributed by atoms with van der Waals surface area (Å²) in [6, 6.07) is -5.06. The highest BCUT2D eigenvalue weighted by atomic mass is 16.7. The highest BCUT2D eigenvalue weighted by Crippen LogP contribution is 2.37. The molecule has 0 bridgehead atoms. The number of carbonyl (C=O) groups excluding carboxylic acids is 6. The van der Waals surface area contributed by atoms with Crippen molar-refractivity contribution in [3.8, 4) is 0 Å². The minimum absolute atomic E-state index is 0.0325. The Bertz CT molecular complexity index is 2150. The third-order valence-electron chi connectivity index (χ3n) is 13.3. The van der Waals surface area contributed by atoms with Crippen LogP contribution in [0.4, 0.5) is 24.0 Å². The third kappa shape index (κ3) is 19.9. The van der Waals surface area contributed by atoms with Gasteiger partial charge >= 0.3 is 30.5 Å². The normalized spacial score (nSPS) is 32.2. The molecule has 0 spiro atoms. The van der Waals surface area contributed by atoms with Crippen molar-refractivity contribution in [1.82, 2.24) is 36.8 Å². The van der Waals surface area contributed by atoms with Crippen molar-refractivity contribution in [2.24, 2.45) is 11.8 Å². The summed E-state index contributed by atoms with van der Waals surface area (Å²) in [5, 5.41) is 53.9. The van der Waals surface area contributed by atoms with Crippen molar-refractivity contribution in [3.63, 3.8) is 0 Å². The van der Waals surface area contributed by atoms with Crippen molar-refractivity contribution in [2.45, 2.75) is 256 Å². The first-order valence-corrected chi connectivity index (χ1v) is 27.5. The molecule has 1 saturated heterocycles. The van der Waals surface area contributed by atoms with Gasteiger partial charge in [0, 0.05) is 37.9 Å². The molecule has 9 N–H and O–H groups in total. The van der Waals surface area contributed by atoms with E-state index in [2.05, 4.69) is 31.9 Å². The number of ether oxygens (including phenoxy) is 9. The molecule has 6 amide bonds. The predicted octanol–water partition coefficient (Wildman–Crippen LogP) is 4.32. The summed E-state index contributed by atoms with van der Waals surface area (Å²) in [5.41, 5.74) is -6.19. The monoisotopic (exact) mass is 1130 g/mol. The number of hydrogen-bond donors (Lipinski definition) is 9. The molecule has 0 aromatic rings. The molecule has 25 heteroatoms. The van der Waals surface area contributed by atoms with Gasteiger partial charge in [-0.2, -0.15) is 0 Å². The number of nitrogens with one attached hydrogen (secondary N) is 6. The van der Waals surface area contributed by atoms with Gasteiger partial charge in [-0.25, -0.2) is 24.0 Å². The highest BCUT2D eigenvalue weighted by molar-refractivity contribution is 5.87. The Morgan fingerprint density at radius 2 is 1.08 bits per heavy atom. The number of aliphatic hydroxyl groups excluding tert-OH is 2. The van der Waals surface area contributed by atoms with Gasteiger partial charge in [0.2, 0.25) is 6.29 Å². The lowest BCUT2D eigenvalue weighted by atomic mass is 9.74. The van der Waals surface area contributed by atoms with Crippen molar-refractivity contribution < 1.29 is 86.7 Å². The summed E-state index contributed by atoms with van der Waals surface area (Å²) in [5.74, 6) is -0.679. The van der Waals surface area contributed by atoms with E-state index in [-0.39, 0.29) is 50.8 Å². The van der Waals surface area contributed by atoms with Gasteiger partial charge in [0.1, 0.15) is 63.8 Å². The van der Waals surface area contributed by atoms with E-state index in [0.717, 1.165) is 12.8 Å². The molecular weight excluding hydrogens is 1030 g/mol. The van der Waals surface area contributed by atoms with Crippen LogP contribution in [0.2, 0.25) is 0 Å². The summed E-state index contributed by atoms with van der Waals surface area (Å²) in [6.07, 6.45) is -10.3. The maximum atomic E-state index is 14.3. The second-order valence-electron chi connectivity index (χ2n) is 26.8. The lowest BCUT2D eigenvalue weighted by Gasteiger charge is -2.50. The number of likely N-dealkylation sites (N-methyl/N-ethyl adjacent to an activating group) is 1. The molecule has 3 saturated carbocycles. The van der Waals surface area contributed by atoms with Crippen LogP contribution in [-0.2, 0) is 47.4 Å². The molecule has 3 aliphatic carbocycles. The SMILES string of the molecule is C[C@@H]1CO[C@H](O[C@@H]2[C@@H](O)[C@H](O[C@H]3OC(CNCC4CC(NC(=O)OC(C)(C)C)C4)=CC[C@H]3NC(=O)OC(C)(C)C)[C@@H](NC(=O)OC(C)(C)C)C[C@H]2NC(=O)C2(O)CC(NC(=O)OC(C)(C)C)C2)[C@H](O)[C@H]1N(C)C(=O)OC(C)(C)C. The number of amides is 6. The van der Waals surface area contributed by atoms with E-state index in [4.69, 9.17) is 42.6 Å². The van der Waals surface area contributed by atoms with E-state index in [1.165, 1.54) is 11.9 Å². The van der Waals surface area contributed by atoms with E-state index in [1.807, 2.05) is 0 Å². The fraction of sp³-hybridized carbons (Fsp3) is 0.852. The van der Waals surface area contributed by atoms with E-state index < -0.39 is 143 Å². The van der Waals surface area contributed by atoms with Crippen molar-refractivity contribution in [2.75, 3.05) is 26.7 Å². The summed E-state index contributed by atoms with van der Waals surface area (Å²) in [4.78, 5) is 81.0. The second kappa shape index (κ2) is 25.5. The highest BCUT2D eigenvalue weighted by Gasteiger charge is 2.55. The van der Waals surface area contributed by atoms with Crippen molar-refractivity contribution in [1.29, 1.82) is 0 Å². The smallest absolute Gasteiger partial charge is 0.410 e.